The summed E-state index contributed by atoms with van der Waals surface area (Å²) in [6.07, 6.45) is 0. The minimum absolute atomic E-state index is 0.142. The van der Waals surface area contributed by atoms with Gasteiger partial charge in [-0.15, -0.1) is 0 Å². The Labute approximate surface area is 141 Å². The van der Waals surface area contributed by atoms with Crippen molar-refractivity contribution in [1.29, 1.82) is 0 Å². The van der Waals surface area contributed by atoms with E-state index in [1.165, 1.54) is 5.39 Å². The number of benzene rings is 2. The number of amides is 1. The number of hydrogen-bond acceptors (Lipinski definition) is 4. The topological polar surface area (TPSA) is 58.4 Å². The minimum atomic E-state index is -0.142. The molecule has 3 rings (SSSR count). The molecule has 0 spiro atoms. The van der Waals surface area contributed by atoms with Crippen molar-refractivity contribution in [2.45, 2.75) is 19.8 Å². The average molecular weight is 323 g/mol. The van der Waals surface area contributed by atoms with Crippen LogP contribution in [0.15, 0.2) is 53.1 Å². The van der Waals surface area contributed by atoms with Crippen LogP contribution < -0.4 is 10.2 Å². The second kappa shape index (κ2) is 6.74. The van der Waals surface area contributed by atoms with Gasteiger partial charge in [0, 0.05) is 18.8 Å². The Kier molecular flexibility index (Phi) is 4.51. The van der Waals surface area contributed by atoms with Crippen molar-refractivity contribution in [2.75, 3.05) is 23.8 Å². The van der Waals surface area contributed by atoms with Gasteiger partial charge in [0.25, 0.3) is 0 Å². The fraction of sp³-hybridized carbons (Fsp3) is 0.263. The fourth-order valence-electron chi connectivity index (χ4n) is 2.52. The average Bonchev–Trinajstić information content (AvgIpc) is 3.03. The lowest BCUT2D eigenvalue weighted by Gasteiger charge is -2.18. The number of fused-ring (bicyclic) bond motifs is 1. The summed E-state index contributed by atoms with van der Waals surface area (Å²) in [4.78, 5) is 14.1. The lowest BCUT2D eigenvalue weighted by Crippen LogP contribution is -2.29. The summed E-state index contributed by atoms with van der Waals surface area (Å²) in [5, 5.41) is 9.02. The van der Waals surface area contributed by atoms with E-state index in [1.807, 2.05) is 44.0 Å². The van der Waals surface area contributed by atoms with Crippen LogP contribution in [-0.4, -0.2) is 24.7 Å². The van der Waals surface area contributed by atoms with Gasteiger partial charge >= 0.3 is 0 Å². The van der Waals surface area contributed by atoms with Crippen molar-refractivity contribution in [1.82, 2.24) is 5.16 Å². The zero-order valence-corrected chi connectivity index (χ0v) is 14.1. The second-order valence-corrected chi connectivity index (χ2v) is 6.21. The van der Waals surface area contributed by atoms with Crippen LogP contribution in [0.25, 0.3) is 10.8 Å². The van der Waals surface area contributed by atoms with E-state index in [0.29, 0.717) is 5.88 Å². The zero-order chi connectivity index (χ0) is 17.1. The Morgan fingerprint density at radius 2 is 1.92 bits per heavy atom. The van der Waals surface area contributed by atoms with Gasteiger partial charge in [-0.05, 0) is 28.8 Å². The summed E-state index contributed by atoms with van der Waals surface area (Å²) in [7, 11) is 1.89. The predicted octanol–water partition coefficient (Wildman–Crippen LogP) is 4.03. The van der Waals surface area contributed by atoms with E-state index in [-0.39, 0.29) is 18.4 Å². The van der Waals surface area contributed by atoms with Crippen LogP contribution in [0.2, 0.25) is 0 Å². The highest BCUT2D eigenvalue weighted by molar-refractivity contribution is 5.93. The third-order valence-corrected chi connectivity index (χ3v) is 3.94. The van der Waals surface area contributed by atoms with E-state index in [4.69, 9.17) is 4.52 Å². The third-order valence-electron chi connectivity index (χ3n) is 3.94. The first-order valence-electron chi connectivity index (χ1n) is 7.99. The van der Waals surface area contributed by atoms with E-state index in [0.717, 1.165) is 16.8 Å². The molecule has 0 aliphatic carbocycles. The van der Waals surface area contributed by atoms with Crippen molar-refractivity contribution >= 4 is 28.3 Å². The molecule has 5 heteroatoms. The maximum absolute atomic E-state index is 12.2. The van der Waals surface area contributed by atoms with Gasteiger partial charge in [0.15, 0.2) is 0 Å². The van der Waals surface area contributed by atoms with Crippen LogP contribution in [0, 0.1) is 0 Å². The highest BCUT2D eigenvalue weighted by Gasteiger charge is 2.12. The summed E-state index contributed by atoms with van der Waals surface area (Å²) in [6, 6.07) is 16.1. The van der Waals surface area contributed by atoms with Gasteiger partial charge in [-0.2, -0.15) is 0 Å². The van der Waals surface area contributed by atoms with Crippen molar-refractivity contribution in [3.8, 4) is 0 Å². The molecule has 0 aliphatic rings. The van der Waals surface area contributed by atoms with E-state index in [1.54, 1.807) is 6.07 Å². The van der Waals surface area contributed by atoms with Crippen LogP contribution >= 0.6 is 0 Å². The first-order chi connectivity index (χ1) is 11.5. The Balaban J connectivity index is 1.66. The van der Waals surface area contributed by atoms with E-state index < -0.39 is 0 Å². The molecular weight excluding hydrogens is 302 g/mol. The summed E-state index contributed by atoms with van der Waals surface area (Å²) in [5.74, 6) is 0.507. The number of aromatic nitrogens is 1. The number of carbonyl (C=O) groups is 1. The molecule has 124 valence electrons. The van der Waals surface area contributed by atoms with Gasteiger partial charge in [-0.3, -0.25) is 10.1 Å². The molecule has 1 N–H and O–H groups in total. The molecule has 2 aromatic carbocycles. The van der Waals surface area contributed by atoms with Gasteiger partial charge in [-0.25, -0.2) is 0 Å². The van der Waals surface area contributed by atoms with Crippen molar-refractivity contribution in [3.63, 3.8) is 0 Å². The van der Waals surface area contributed by atoms with Gasteiger partial charge in [0.2, 0.25) is 11.8 Å². The van der Waals surface area contributed by atoms with Crippen molar-refractivity contribution < 1.29 is 9.32 Å². The standard InChI is InChI=1S/C19H21N3O2/c1-13(2)17-11-19(24-21-17)20-18(23)12-22(3)16-9-8-14-6-4-5-7-15(14)10-16/h4-11,13H,12H2,1-3H3,(H,20,23). The quantitative estimate of drug-likeness (QED) is 0.770. The van der Waals surface area contributed by atoms with Gasteiger partial charge in [-0.1, -0.05) is 49.3 Å². The molecule has 24 heavy (non-hydrogen) atoms. The second-order valence-electron chi connectivity index (χ2n) is 6.21. The fourth-order valence-corrected chi connectivity index (χ4v) is 2.52. The molecule has 1 aromatic heterocycles. The zero-order valence-electron chi connectivity index (χ0n) is 14.1. The molecule has 0 saturated carbocycles. The molecule has 0 unspecified atom stereocenters. The number of hydrogen-bond donors (Lipinski definition) is 1. The van der Waals surface area contributed by atoms with Crippen LogP contribution in [0.1, 0.15) is 25.5 Å². The normalized spacial score (nSPS) is 11.0. The number of nitrogens with one attached hydrogen (secondary N) is 1. The number of nitrogens with zero attached hydrogens (tertiary/aromatic N) is 2. The van der Waals surface area contributed by atoms with E-state index >= 15 is 0 Å². The van der Waals surface area contributed by atoms with Gasteiger partial charge < -0.3 is 9.42 Å². The molecule has 0 aliphatic heterocycles. The Morgan fingerprint density at radius 1 is 1.17 bits per heavy atom. The lowest BCUT2D eigenvalue weighted by molar-refractivity contribution is -0.115. The summed E-state index contributed by atoms with van der Waals surface area (Å²) in [5.41, 5.74) is 1.82. The highest BCUT2D eigenvalue weighted by atomic mass is 16.5. The van der Waals surface area contributed by atoms with E-state index in [9.17, 15) is 4.79 Å². The number of rotatable bonds is 5. The first-order valence-corrected chi connectivity index (χ1v) is 7.99. The molecule has 0 radical (unpaired) electrons. The molecule has 1 heterocycles. The molecule has 5 nitrogen and oxygen atoms in total. The Morgan fingerprint density at radius 3 is 2.62 bits per heavy atom. The molecule has 0 fully saturated rings. The van der Waals surface area contributed by atoms with Crippen LogP contribution in [0.4, 0.5) is 11.6 Å². The molecule has 3 aromatic rings. The number of anilines is 2. The molecule has 0 saturated heterocycles. The lowest BCUT2D eigenvalue weighted by atomic mass is 10.1. The maximum Gasteiger partial charge on any atom is 0.246 e. The number of carbonyl (C=O) groups excluding carboxylic acids is 1. The summed E-state index contributed by atoms with van der Waals surface area (Å²) >= 11 is 0. The monoisotopic (exact) mass is 323 g/mol. The first kappa shape index (κ1) is 16.1. The smallest absolute Gasteiger partial charge is 0.246 e. The molecule has 0 bridgehead atoms. The molecule has 0 atom stereocenters. The molecule has 1 amide bonds. The van der Waals surface area contributed by atoms with Gasteiger partial charge in [0.05, 0.1) is 12.2 Å². The largest absolute Gasteiger partial charge is 0.365 e. The summed E-state index contributed by atoms with van der Waals surface area (Å²) in [6.45, 7) is 4.28. The Bertz CT molecular complexity index is 854. The van der Waals surface area contributed by atoms with Crippen molar-refractivity contribution in [2.24, 2.45) is 0 Å². The minimum Gasteiger partial charge on any atom is -0.365 e. The van der Waals surface area contributed by atoms with Crippen LogP contribution in [0.3, 0.4) is 0 Å². The Hall–Kier alpha value is -2.82. The predicted molar refractivity (Wildman–Crippen MR) is 96.4 cm³/mol. The van der Waals surface area contributed by atoms with Crippen LogP contribution in [0.5, 0.6) is 0 Å². The molecular formula is C19H21N3O2. The number of likely N-dealkylation sites (N-methyl/N-ethyl adjacent to an activating group) is 1. The maximum atomic E-state index is 12.2. The van der Waals surface area contributed by atoms with E-state index in [2.05, 4.69) is 34.7 Å². The SMILES string of the molecule is CC(C)c1cc(NC(=O)CN(C)c2ccc3ccccc3c2)on1. The van der Waals surface area contributed by atoms with Crippen molar-refractivity contribution in [3.05, 3.63) is 54.2 Å². The summed E-state index contributed by atoms with van der Waals surface area (Å²) < 4.78 is 5.14. The highest BCUT2D eigenvalue weighted by Crippen LogP contribution is 2.21. The van der Waals surface area contributed by atoms with Gasteiger partial charge in [0.1, 0.15) is 0 Å². The third kappa shape index (κ3) is 3.56. The van der Waals surface area contributed by atoms with Crippen LogP contribution in [-0.2, 0) is 4.79 Å².